The fourth-order valence-corrected chi connectivity index (χ4v) is 5.18. The van der Waals surface area contributed by atoms with E-state index in [2.05, 4.69) is 9.97 Å². The van der Waals surface area contributed by atoms with Gasteiger partial charge < -0.3 is 10.1 Å². The molecule has 1 aromatic heterocycles. The van der Waals surface area contributed by atoms with Crippen molar-refractivity contribution in [3.63, 3.8) is 0 Å². The van der Waals surface area contributed by atoms with Crippen LogP contribution in [0, 0.1) is 5.82 Å². The number of benzene rings is 3. The molecular weight excluding hydrogens is 474 g/mol. The first kappa shape index (κ1) is 22.7. The van der Waals surface area contributed by atoms with Crippen LogP contribution in [0.3, 0.4) is 0 Å². The van der Waals surface area contributed by atoms with Gasteiger partial charge in [-0.3, -0.25) is 0 Å². The molecule has 5 nitrogen and oxygen atoms in total. The smallest absolute Gasteiger partial charge is 0.178 e. The molecule has 32 heavy (non-hydrogen) atoms. The van der Waals surface area contributed by atoms with Gasteiger partial charge in [-0.15, -0.1) is 0 Å². The van der Waals surface area contributed by atoms with E-state index in [1.54, 1.807) is 43.3 Å². The number of sulfone groups is 1. The molecule has 0 saturated heterocycles. The second-order valence-corrected chi connectivity index (χ2v) is 10.3. The van der Waals surface area contributed by atoms with Crippen molar-refractivity contribution in [2.24, 2.45) is 0 Å². The van der Waals surface area contributed by atoms with Gasteiger partial charge in [-0.25, -0.2) is 17.8 Å². The molecule has 0 aliphatic rings. The fraction of sp³-hybridized carbons (Fsp3) is 0.174. The minimum atomic E-state index is -3.33. The molecule has 4 aromatic rings. The number of H-pyrrole nitrogens is 1. The number of nitrogens with one attached hydrogen (secondary N) is 1. The van der Waals surface area contributed by atoms with Crippen LogP contribution in [0.25, 0.3) is 22.2 Å². The molecule has 1 unspecified atom stereocenters. The van der Waals surface area contributed by atoms with E-state index in [0.29, 0.717) is 28.0 Å². The SMILES string of the molecule is CCS(=O)(=O)c1ccc(C(CO)c2nc3c(Cl)c(-c4ccccc4F)c(Cl)cc3[nH]2)cc1. The van der Waals surface area contributed by atoms with Gasteiger partial charge in [0.2, 0.25) is 0 Å². The first-order valence-corrected chi connectivity index (χ1v) is 12.2. The Morgan fingerprint density at radius 3 is 2.44 bits per heavy atom. The normalized spacial score (nSPS) is 12.9. The lowest BCUT2D eigenvalue weighted by Gasteiger charge is -2.12. The molecule has 166 valence electrons. The third-order valence-corrected chi connectivity index (χ3v) is 7.78. The van der Waals surface area contributed by atoms with Gasteiger partial charge in [0.15, 0.2) is 9.84 Å². The lowest BCUT2D eigenvalue weighted by atomic mass is 9.99. The standard InChI is InChI=1S/C23H19Cl2FN2O3S/c1-2-32(30,31)14-9-7-13(8-10-14)16(12-29)23-27-19-11-17(24)20(21(25)22(19)28-23)15-5-3-4-6-18(15)26/h3-11,16,29H,2,12H2,1H3,(H,27,28). The Balaban J connectivity index is 1.79. The molecule has 9 heteroatoms. The van der Waals surface area contributed by atoms with Gasteiger partial charge in [-0.1, -0.05) is 60.5 Å². The van der Waals surface area contributed by atoms with Crippen LogP contribution in [-0.2, 0) is 9.84 Å². The maximum Gasteiger partial charge on any atom is 0.178 e. The average molecular weight is 493 g/mol. The Morgan fingerprint density at radius 2 is 1.81 bits per heavy atom. The Bertz CT molecular complexity index is 1400. The van der Waals surface area contributed by atoms with E-state index in [0.717, 1.165) is 0 Å². The van der Waals surface area contributed by atoms with Crippen molar-refractivity contribution in [3.8, 4) is 11.1 Å². The summed E-state index contributed by atoms with van der Waals surface area (Å²) in [5, 5.41) is 10.5. The van der Waals surface area contributed by atoms with Gasteiger partial charge >= 0.3 is 0 Å². The van der Waals surface area contributed by atoms with E-state index in [9.17, 15) is 17.9 Å². The summed E-state index contributed by atoms with van der Waals surface area (Å²) < 4.78 is 38.5. The monoisotopic (exact) mass is 492 g/mol. The molecule has 0 aliphatic heterocycles. The van der Waals surface area contributed by atoms with E-state index in [-0.39, 0.29) is 32.9 Å². The number of nitrogens with zero attached hydrogens (tertiary/aromatic N) is 1. The molecule has 0 bridgehead atoms. The maximum absolute atomic E-state index is 14.4. The number of aliphatic hydroxyl groups excluding tert-OH is 1. The molecule has 2 N–H and O–H groups in total. The summed E-state index contributed by atoms with van der Waals surface area (Å²) in [6, 6.07) is 14.1. The Morgan fingerprint density at radius 1 is 1.12 bits per heavy atom. The Hall–Kier alpha value is -2.45. The maximum atomic E-state index is 14.4. The molecule has 4 rings (SSSR count). The van der Waals surface area contributed by atoms with Crippen LogP contribution in [0.1, 0.15) is 24.2 Å². The summed E-state index contributed by atoms with van der Waals surface area (Å²) in [5.41, 5.74) is 2.22. The topological polar surface area (TPSA) is 83.1 Å². The highest BCUT2D eigenvalue weighted by Crippen LogP contribution is 2.41. The van der Waals surface area contributed by atoms with Crippen LogP contribution in [0.4, 0.5) is 4.39 Å². The van der Waals surface area contributed by atoms with Crippen LogP contribution in [0.2, 0.25) is 10.0 Å². The lowest BCUT2D eigenvalue weighted by molar-refractivity contribution is 0.277. The third-order valence-electron chi connectivity index (χ3n) is 5.36. The minimum absolute atomic E-state index is 0.00293. The summed E-state index contributed by atoms with van der Waals surface area (Å²) in [6.45, 7) is 1.31. The van der Waals surface area contributed by atoms with Crippen molar-refractivity contribution in [1.29, 1.82) is 0 Å². The predicted molar refractivity (Wildman–Crippen MR) is 125 cm³/mol. The summed E-state index contributed by atoms with van der Waals surface area (Å²) in [7, 11) is -3.33. The second-order valence-electron chi connectivity index (χ2n) is 7.25. The fourth-order valence-electron chi connectivity index (χ4n) is 3.60. The molecule has 0 aliphatic carbocycles. The van der Waals surface area contributed by atoms with Crippen LogP contribution in [-0.4, -0.2) is 35.9 Å². The molecule has 0 spiro atoms. The summed E-state index contributed by atoms with van der Waals surface area (Å²) in [6.07, 6.45) is 0. The van der Waals surface area contributed by atoms with Crippen molar-refractivity contribution in [3.05, 3.63) is 81.8 Å². The van der Waals surface area contributed by atoms with E-state index < -0.39 is 21.6 Å². The zero-order valence-electron chi connectivity index (χ0n) is 16.9. The van der Waals surface area contributed by atoms with E-state index in [1.165, 1.54) is 18.2 Å². The molecule has 1 atom stereocenters. The predicted octanol–water partition coefficient (Wildman–Crippen LogP) is 5.59. The zero-order valence-corrected chi connectivity index (χ0v) is 19.3. The van der Waals surface area contributed by atoms with Crippen LogP contribution in [0.15, 0.2) is 59.5 Å². The first-order chi connectivity index (χ1) is 15.3. The summed E-state index contributed by atoms with van der Waals surface area (Å²) in [5.74, 6) is -0.574. The van der Waals surface area contributed by atoms with Crippen molar-refractivity contribution in [1.82, 2.24) is 9.97 Å². The molecular formula is C23H19Cl2FN2O3S. The van der Waals surface area contributed by atoms with E-state index in [4.69, 9.17) is 23.2 Å². The average Bonchev–Trinajstić information content (AvgIpc) is 3.19. The van der Waals surface area contributed by atoms with Crippen molar-refractivity contribution >= 4 is 44.1 Å². The number of aromatic nitrogens is 2. The van der Waals surface area contributed by atoms with Crippen molar-refractivity contribution in [2.75, 3.05) is 12.4 Å². The van der Waals surface area contributed by atoms with E-state index in [1.807, 2.05) is 0 Å². The number of hydrogen-bond acceptors (Lipinski definition) is 4. The number of fused-ring (bicyclic) bond motifs is 1. The quantitative estimate of drug-likeness (QED) is 0.367. The second kappa shape index (κ2) is 8.83. The van der Waals surface area contributed by atoms with Crippen LogP contribution in [0.5, 0.6) is 0 Å². The number of halogens is 3. The highest BCUT2D eigenvalue weighted by Gasteiger charge is 2.23. The van der Waals surface area contributed by atoms with Crippen LogP contribution >= 0.6 is 23.2 Å². The van der Waals surface area contributed by atoms with Gasteiger partial charge in [0, 0.05) is 11.1 Å². The number of aromatic amines is 1. The number of hydrogen-bond donors (Lipinski definition) is 2. The van der Waals surface area contributed by atoms with Crippen molar-refractivity contribution in [2.45, 2.75) is 17.7 Å². The van der Waals surface area contributed by atoms with Crippen molar-refractivity contribution < 1.29 is 17.9 Å². The largest absolute Gasteiger partial charge is 0.395 e. The number of rotatable bonds is 6. The van der Waals surface area contributed by atoms with Gasteiger partial charge in [0.05, 0.1) is 38.7 Å². The molecule has 0 saturated carbocycles. The summed E-state index contributed by atoms with van der Waals surface area (Å²) >= 11 is 13.0. The lowest BCUT2D eigenvalue weighted by Crippen LogP contribution is -2.09. The van der Waals surface area contributed by atoms with Gasteiger partial charge in [0.25, 0.3) is 0 Å². The van der Waals surface area contributed by atoms with Gasteiger partial charge in [0.1, 0.15) is 17.2 Å². The molecule has 0 fully saturated rings. The molecule has 3 aromatic carbocycles. The van der Waals surface area contributed by atoms with Gasteiger partial charge in [-0.05, 0) is 29.8 Å². The summed E-state index contributed by atoms with van der Waals surface area (Å²) in [4.78, 5) is 7.90. The minimum Gasteiger partial charge on any atom is -0.395 e. The number of aliphatic hydroxyl groups is 1. The van der Waals surface area contributed by atoms with Crippen LogP contribution < -0.4 is 0 Å². The Labute approximate surface area is 194 Å². The zero-order chi connectivity index (χ0) is 23.0. The first-order valence-electron chi connectivity index (χ1n) is 9.83. The highest BCUT2D eigenvalue weighted by molar-refractivity contribution is 7.91. The Kier molecular flexibility index (Phi) is 6.27. The number of imidazole rings is 1. The highest BCUT2D eigenvalue weighted by atomic mass is 35.5. The molecule has 1 heterocycles. The molecule has 0 amide bonds. The third kappa shape index (κ3) is 4.01. The van der Waals surface area contributed by atoms with E-state index >= 15 is 0 Å². The molecule has 0 radical (unpaired) electrons. The van der Waals surface area contributed by atoms with Gasteiger partial charge in [-0.2, -0.15) is 0 Å².